The van der Waals surface area contributed by atoms with Crippen molar-refractivity contribution in [2.45, 2.75) is 13.1 Å². The van der Waals surface area contributed by atoms with Gasteiger partial charge >= 0.3 is 13.3 Å². The van der Waals surface area contributed by atoms with Crippen LogP contribution in [-0.2, 0) is 6.18 Å². The smallest absolute Gasteiger partial charge is 0.423 e. The highest BCUT2D eigenvalue weighted by atomic mass is 19.4. The van der Waals surface area contributed by atoms with Crippen molar-refractivity contribution in [2.24, 2.45) is 0 Å². The number of halogens is 3. The minimum Gasteiger partial charge on any atom is -0.423 e. The van der Waals surface area contributed by atoms with Gasteiger partial charge in [-0.05, 0) is 18.6 Å². The number of pyridine rings is 1. The molecule has 0 unspecified atom stereocenters. The molecule has 0 aliphatic rings. The van der Waals surface area contributed by atoms with Gasteiger partial charge in [0.25, 0.3) is 0 Å². The van der Waals surface area contributed by atoms with Gasteiger partial charge in [-0.2, -0.15) is 13.2 Å². The lowest BCUT2D eigenvalue weighted by Crippen LogP contribution is -2.33. The van der Waals surface area contributed by atoms with Gasteiger partial charge in [-0.3, -0.25) is 4.98 Å². The van der Waals surface area contributed by atoms with Gasteiger partial charge in [-0.15, -0.1) is 0 Å². The zero-order valence-corrected chi connectivity index (χ0v) is 10.5. The number of aromatic nitrogens is 1. The van der Waals surface area contributed by atoms with E-state index in [4.69, 9.17) is 0 Å². The standard InChI is InChI=1S/C13H11BF3NO2/c1-8-6-11(14(19)20)12(18-7-8)9-4-2-3-5-10(9)13(15,16)17/h2-7,19-20H,1H3. The van der Waals surface area contributed by atoms with E-state index in [1.165, 1.54) is 30.5 Å². The summed E-state index contributed by atoms with van der Waals surface area (Å²) in [5, 5.41) is 18.6. The minimum absolute atomic E-state index is 0.0540. The van der Waals surface area contributed by atoms with Gasteiger partial charge < -0.3 is 10.0 Å². The first kappa shape index (κ1) is 14.6. The maximum atomic E-state index is 13.0. The fraction of sp³-hybridized carbons (Fsp3) is 0.154. The Morgan fingerprint density at radius 2 is 1.80 bits per heavy atom. The number of rotatable bonds is 2. The van der Waals surface area contributed by atoms with E-state index >= 15 is 0 Å². The van der Waals surface area contributed by atoms with Gasteiger partial charge in [0.2, 0.25) is 0 Å². The molecular formula is C13H11BF3NO2. The van der Waals surface area contributed by atoms with E-state index in [9.17, 15) is 23.2 Å². The van der Waals surface area contributed by atoms with Crippen molar-refractivity contribution in [1.82, 2.24) is 4.98 Å². The van der Waals surface area contributed by atoms with Crippen molar-refractivity contribution in [2.75, 3.05) is 0 Å². The van der Waals surface area contributed by atoms with Crippen LogP contribution in [0.2, 0.25) is 0 Å². The highest BCUT2D eigenvalue weighted by Crippen LogP contribution is 2.35. The summed E-state index contributed by atoms with van der Waals surface area (Å²) < 4.78 is 39.0. The number of aryl methyl sites for hydroxylation is 1. The maximum absolute atomic E-state index is 13.0. The molecule has 1 aromatic heterocycles. The van der Waals surface area contributed by atoms with Crippen LogP contribution in [0.1, 0.15) is 11.1 Å². The Hall–Kier alpha value is -1.86. The van der Waals surface area contributed by atoms with Crippen molar-refractivity contribution in [3.05, 3.63) is 47.7 Å². The predicted octanol–water partition coefficient (Wildman–Crippen LogP) is 1.76. The summed E-state index contributed by atoms with van der Waals surface area (Å²) in [5.74, 6) is 0. The number of benzene rings is 1. The third kappa shape index (κ3) is 2.83. The Kier molecular flexibility index (Phi) is 3.83. The Morgan fingerprint density at radius 1 is 1.15 bits per heavy atom. The fourth-order valence-electron chi connectivity index (χ4n) is 1.95. The normalized spacial score (nSPS) is 11.5. The molecule has 0 radical (unpaired) electrons. The van der Waals surface area contributed by atoms with Crippen LogP contribution in [-0.4, -0.2) is 22.2 Å². The molecule has 0 aliphatic carbocycles. The molecule has 104 valence electrons. The van der Waals surface area contributed by atoms with E-state index in [1.807, 2.05) is 0 Å². The van der Waals surface area contributed by atoms with Crippen LogP contribution < -0.4 is 5.46 Å². The molecule has 7 heteroatoms. The molecule has 0 saturated carbocycles. The lowest BCUT2D eigenvalue weighted by atomic mass is 9.76. The van der Waals surface area contributed by atoms with Crippen molar-refractivity contribution in [3.63, 3.8) is 0 Å². The molecule has 0 amide bonds. The van der Waals surface area contributed by atoms with Crippen LogP contribution in [0.3, 0.4) is 0 Å². The summed E-state index contributed by atoms with van der Waals surface area (Å²) in [6, 6.07) is 6.31. The second kappa shape index (κ2) is 5.26. The van der Waals surface area contributed by atoms with Crippen LogP contribution in [0.15, 0.2) is 36.5 Å². The average Bonchev–Trinajstić information content (AvgIpc) is 2.37. The van der Waals surface area contributed by atoms with E-state index in [0.29, 0.717) is 5.56 Å². The van der Waals surface area contributed by atoms with Gasteiger partial charge in [0.05, 0.1) is 11.3 Å². The predicted molar refractivity (Wildman–Crippen MR) is 69.2 cm³/mol. The first-order valence-electron chi connectivity index (χ1n) is 5.80. The summed E-state index contributed by atoms with van der Waals surface area (Å²) in [6.07, 6.45) is -3.16. The summed E-state index contributed by atoms with van der Waals surface area (Å²) in [5.41, 5.74) is -0.553. The Bertz CT molecular complexity index is 629. The molecule has 0 atom stereocenters. The lowest BCUT2D eigenvalue weighted by Gasteiger charge is -2.15. The quantitative estimate of drug-likeness (QED) is 0.825. The van der Waals surface area contributed by atoms with Gasteiger partial charge in [0, 0.05) is 17.2 Å². The van der Waals surface area contributed by atoms with E-state index < -0.39 is 18.9 Å². The summed E-state index contributed by atoms with van der Waals surface area (Å²) in [4.78, 5) is 3.92. The highest BCUT2D eigenvalue weighted by molar-refractivity contribution is 6.60. The van der Waals surface area contributed by atoms with Crippen molar-refractivity contribution in [3.8, 4) is 11.3 Å². The molecule has 0 bridgehead atoms. The van der Waals surface area contributed by atoms with E-state index in [1.54, 1.807) is 6.92 Å². The number of alkyl halides is 3. The first-order valence-corrected chi connectivity index (χ1v) is 5.80. The Labute approximate surface area is 113 Å². The summed E-state index contributed by atoms with van der Waals surface area (Å²) in [6.45, 7) is 1.67. The number of hydrogen-bond acceptors (Lipinski definition) is 3. The molecule has 2 rings (SSSR count). The molecular weight excluding hydrogens is 270 g/mol. The highest BCUT2D eigenvalue weighted by Gasteiger charge is 2.34. The molecule has 3 nitrogen and oxygen atoms in total. The molecule has 1 heterocycles. The van der Waals surface area contributed by atoms with Crippen LogP contribution in [0.25, 0.3) is 11.3 Å². The van der Waals surface area contributed by atoms with Crippen molar-refractivity contribution < 1.29 is 23.2 Å². The summed E-state index contributed by atoms with van der Waals surface area (Å²) in [7, 11) is -1.89. The summed E-state index contributed by atoms with van der Waals surface area (Å²) >= 11 is 0. The average molecular weight is 281 g/mol. The molecule has 2 N–H and O–H groups in total. The lowest BCUT2D eigenvalue weighted by molar-refractivity contribution is -0.137. The molecule has 20 heavy (non-hydrogen) atoms. The molecule has 2 aromatic rings. The van der Waals surface area contributed by atoms with Gasteiger partial charge in [-0.1, -0.05) is 24.3 Å². The minimum atomic E-state index is -4.54. The largest absolute Gasteiger partial charge is 0.490 e. The third-order valence-corrected chi connectivity index (χ3v) is 2.82. The SMILES string of the molecule is Cc1cnc(-c2ccccc2C(F)(F)F)c(B(O)O)c1. The second-order valence-corrected chi connectivity index (χ2v) is 4.37. The van der Waals surface area contributed by atoms with Crippen LogP contribution in [0.4, 0.5) is 13.2 Å². The second-order valence-electron chi connectivity index (χ2n) is 4.37. The molecule has 0 aliphatic heterocycles. The fourth-order valence-corrected chi connectivity index (χ4v) is 1.95. The molecule has 0 saturated heterocycles. The van der Waals surface area contributed by atoms with Gasteiger partial charge in [0.1, 0.15) is 0 Å². The Balaban J connectivity index is 2.70. The van der Waals surface area contributed by atoms with Gasteiger partial charge in [0.15, 0.2) is 0 Å². The van der Waals surface area contributed by atoms with Crippen molar-refractivity contribution >= 4 is 12.6 Å². The van der Waals surface area contributed by atoms with Crippen LogP contribution in [0, 0.1) is 6.92 Å². The number of nitrogens with zero attached hydrogens (tertiary/aromatic N) is 1. The van der Waals surface area contributed by atoms with Gasteiger partial charge in [-0.25, -0.2) is 0 Å². The van der Waals surface area contributed by atoms with E-state index in [-0.39, 0.29) is 16.7 Å². The van der Waals surface area contributed by atoms with E-state index in [2.05, 4.69) is 4.98 Å². The number of hydrogen-bond donors (Lipinski definition) is 2. The zero-order valence-electron chi connectivity index (χ0n) is 10.5. The molecule has 1 aromatic carbocycles. The first-order chi connectivity index (χ1) is 9.30. The van der Waals surface area contributed by atoms with Crippen molar-refractivity contribution in [1.29, 1.82) is 0 Å². The maximum Gasteiger partial charge on any atom is 0.490 e. The van der Waals surface area contributed by atoms with Crippen LogP contribution in [0.5, 0.6) is 0 Å². The molecule has 0 fully saturated rings. The molecule has 0 spiro atoms. The van der Waals surface area contributed by atoms with Crippen LogP contribution >= 0.6 is 0 Å². The zero-order chi connectivity index (χ0) is 14.9. The Morgan fingerprint density at radius 3 is 2.40 bits per heavy atom. The van der Waals surface area contributed by atoms with E-state index in [0.717, 1.165) is 6.07 Å². The monoisotopic (exact) mass is 281 g/mol. The third-order valence-electron chi connectivity index (χ3n) is 2.82. The topological polar surface area (TPSA) is 53.4 Å².